The summed E-state index contributed by atoms with van der Waals surface area (Å²) in [4.78, 5) is 18.3. The summed E-state index contributed by atoms with van der Waals surface area (Å²) in [5, 5.41) is 0. The van der Waals surface area contributed by atoms with E-state index < -0.39 is 5.82 Å². The average Bonchev–Trinajstić information content (AvgIpc) is 2.62. The number of aromatic nitrogens is 2. The maximum absolute atomic E-state index is 13.7. The second-order valence-corrected chi connectivity index (χ2v) is 4.42. The Balaban J connectivity index is 0. The van der Waals surface area contributed by atoms with Gasteiger partial charge in [0.05, 0.1) is 6.20 Å². The van der Waals surface area contributed by atoms with Gasteiger partial charge >= 0.3 is 59.1 Å². The molecule has 0 radical (unpaired) electrons. The first-order chi connectivity index (χ1) is 11.3. The zero-order chi connectivity index (χ0) is 15.9. The minimum Gasteiger partial charge on any atom is -1.00 e. The van der Waals surface area contributed by atoms with Gasteiger partial charge in [-0.1, -0.05) is 36.4 Å². The standard InChI is InChI=1S/C16H13FN4O2.2Na.2H/c17-14-11-18-16(21-23-13-9-5-2-6-10-13)19-15(14)20-22-12-7-3-1-4-8-12;;;;/h1-11H,(H2,18,19,20,21);;;;/q;2*+1;2*-1. The van der Waals surface area contributed by atoms with E-state index in [-0.39, 0.29) is 73.7 Å². The van der Waals surface area contributed by atoms with Gasteiger partial charge in [-0.15, -0.1) is 0 Å². The summed E-state index contributed by atoms with van der Waals surface area (Å²) in [6.45, 7) is 0. The minimum absolute atomic E-state index is 0. The van der Waals surface area contributed by atoms with Gasteiger partial charge in [-0.3, -0.25) is 0 Å². The van der Waals surface area contributed by atoms with E-state index in [0.29, 0.717) is 11.5 Å². The molecule has 0 amide bonds. The molecular weight excluding hydrogens is 345 g/mol. The van der Waals surface area contributed by atoms with E-state index in [4.69, 9.17) is 9.68 Å². The number of hydrogen-bond donors (Lipinski definition) is 2. The third kappa shape index (κ3) is 6.81. The van der Waals surface area contributed by atoms with Crippen LogP contribution < -0.4 is 79.7 Å². The number of nitrogens with zero attached hydrogens (tertiary/aromatic N) is 2. The topological polar surface area (TPSA) is 68.3 Å². The first-order valence-electron chi connectivity index (χ1n) is 6.79. The molecule has 9 heteroatoms. The smallest absolute Gasteiger partial charge is 1.00 e. The normalized spacial score (nSPS) is 9.16. The van der Waals surface area contributed by atoms with E-state index in [1.807, 2.05) is 24.3 Å². The van der Waals surface area contributed by atoms with E-state index in [9.17, 15) is 4.39 Å². The Morgan fingerprint density at radius 3 is 1.88 bits per heavy atom. The summed E-state index contributed by atoms with van der Waals surface area (Å²) in [6.07, 6.45) is 1.01. The van der Waals surface area contributed by atoms with E-state index >= 15 is 0 Å². The van der Waals surface area contributed by atoms with Crippen molar-refractivity contribution in [1.29, 1.82) is 0 Å². The molecule has 3 rings (SSSR count). The van der Waals surface area contributed by atoms with E-state index in [1.165, 1.54) is 0 Å². The molecule has 0 saturated carbocycles. The summed E-state index contributed by atoms with van der Waals surface area (Å²) in [5.74, 6) is 0.444. The Kier molecular flexibility index (Phi) is 9.81. The van der Waals surface area contributed by atoms with Gasteiger partial charge in [0.15, 0.2) is 17.3 Å². The quantitative estimate of drug-likeness (QED) is 0.379. The van der Waals surface area contributed by atoms with Crippen LogP contribution in [-0.4, -0.2) is 9.97 Å². The van der Waals surface area contributed by atoms with Crippen molar-refractivity contribution in [2.45, 2.75) is 0 Å². The zero-order valence-corrected chi connectivity index (χ0v) is 17.9. The van der Waals surface area contributed by atoms with Crippen molar-refractivity contribution in [2.75, 3.05) is 11.0 Å². The summed E-state index contributed by atoms with van der Waals surface area (Å²) < 4.78 is 13.7. The Labute approximate surface area is 191 Å². The third-order valence-corrected chi connectivity index (χ3v) is 2.76. The van der Waals surface area contributed by atoms with Crippen LogP contribution in [0.2, 0.25) is 0 Å². The molecule has 0 unspecified atom stereocenters. The van der Waals surface area contributed by atoms with Gasteiger partial charge in [0.2, 0.25) is 5.82 Å². The molecule has 0 aliphatic rings. The Morgan fingerprint density at radius 1 is 0.800 bits per heavy atom. The Morgan fingerprint density at radius 2 is 1.32 bits per heavy atom. The maximum atomic E-state index is 13.7. The largest absolute Gasteiger partial charge is 1.00 e. The van der Waals surface area contributed by atoms with Gasteiger partial charge in [-0.2, -0.15) is 10.5 Å². The van der Waals surface area contributed by atoms with Gasteiger partial charge in [-0.25, -0.2) is 14.9 Å². The molecule has 6 nitrogen and oxygen atoms in total. The first kappa shape index (κ1) is 21.7. The fourth-order valence-corrected chi connectivity index (χ4v) is 1.68. The summed E-state index contributed by atoms with van der Waals surface area (Å²) >= 11 is 0. The van der Waals surface area contributed by atoms with Gasteiger partial charge < -0.3 is 12.5 Å². The molecule has 120 valence electrons. The Hall–Kier alpha value is -1.35. The molecule has 1 aromatic heterocycles. The number of rotatable bonds is 6. The number of benzene rings is 2. The molecule has 0 spiro atoms. The molecule has 0 bridgehead atoms. The number of hydrogen-bond acceptors (Lipinski definition) is 6. The van der Waals surface area contributed by atoms with Crippen LogP contribution in [-0.2, 0) is 0 Å². The number of anilines is 2. The van der Waals surface area contributed by atoms with E-state index in [0.717, 1.165) is 6.20 Å². The average molecular weight is 360 g/mol. The molecular formula is C16H15FN4Na2O2. The summed E-state index contributed by atoms with van der Waals surface area (Å²) in [7, 11) is 0. The second kappa shape index (κ2) is 11.3. The fraction of sp³-hybridized carbons (Fsp3) is 0. The van der Waals surface area contributed by atoms with Crippen molar-refractivity contribution in [3.63, 3.8) is 0 Å². The molecule has 3 aromatic rings. The molecule has 2 aromatic carbocycles. The Bertz CT molecular complexity index is 777. The van der Waals surface area contributed by atoms with Crippen molar-refractivity contribution in [3.8, 4) is 11.5 Å². The molecule has 0 saturated heterocycles. The molecule has 2 N–H and O–H groups in total. The van der Waals surface area contributed by atoms with Gasteiger partial charge in [0.1, 0.15) is 0 Å². The van der Waals surface area contributed by atoms with Crippen molar-refractivity contribution >= 4 is 11.8 Å². The number of para-hydroxylation sites is 2. The van der Waals surface area contributed by atoms with Crippen LogP contribution in [0.5, 0.6) is 11.5 Å². The van der Waals surface area contributed by atoms with Gasteiger partial charge in [-0.05, 0) is 24.3 Å². The number of halogens is 1. The molecule has 0 fully saturated rings. The monoisotopic (exact) mass is 360 g/mol. The van der Waals surface area contributed by atoms with E-state index in [1.54, 1.807) is 36.4 Å². The SMILES string of the molecule is Fc1cnc(NOc2ccccc2)nc1NOc1ccccc1.[H-].[H-].[Na+].[Na+]. The summed E-state index contributed by atoms with van der Waals surface area (Å²) in [5.41, 5.74) is 4.99. The minimum atomic E-state index is -0.647. The van der Waals surface area contributed by atoms with Crippen molar-refractivity contribution in [3.05, 3.63) is 72.7 Å². The fourth-order valence-electron chi connectivity index (χ4n) is 1.68. The van der Waals surface area contributed by atoms with Crippen molar-refractivity contribution in [2.24, 2.45) is 0 Å². The zero-order valence-electron chi connectivity index (χ0n) is 15.9. The van der Waals surface area contributed by atoms with Gasteiger partial charge in [0.25, 0.3) is 5.95 Å². The molecule has 0 aliphatic heterocycles. The molecule has 1 heterocycles. The molecule has 0 atom stereocenters. The molecule has 25 heavy (non-hydrogen) atoms. The summed E-state index contributed by atoms with van der Waals surface area (Å²) in [6, 6.07) is 17.9. The van der Waals surface area contributed by atoms with Crippen LogP contribution in [0, 0.1) is 5.82 Å². The van der Waals surface area contributed by atoms with Gasteiger partial charge in [0, 0.05) is 0 Å². The van der Waals surface area contributed by atoms with Crippen LogP contribution in [0.15, 0.2) is 66.9 Å². The van der Waals surface area contributed by atoms with Crippen LogP contribution in [0.1, 0.15) is 2.85 Å². The molecule has 0 aliphatic carbocycles. The van der Waals surface area contributed by atoms with Crippen molar-refractivity contribution < 1.29 is 76.0 Å². The second-order valence-electron chi connectivity index (χ2n) is 4.42. The maximum Gasteiger partial charge on any atom is 1.00 e. The predicted octanol–water partition coefficient (Wildman–Crippen LogP) is -2.34. The first-order valence-corrected chi connectivity index (χ1v) is 6.79. The van der Waals surface area contributed by atoms with Crippen LogP contribution >= 0.6 is 0 Å². The number of nitrogens with one attached hydrogen (secondary N) is 2. The third-order valence-electron chi connectivity index (χ3n) is 2.76. The predicted molar refractivity (Wildman–Crippen MR) is 85.6 cm³/mol. The van der Waals surface area contributed by atoms with Crippen LogP contribution in [0.25, 0.3) is 0 Å². The van der Waals surface area contributed by atoms with Crippen LogP contribution in [0.4, 0.5) is 16.2 Å². The van der Waals surface area contributed by atoms with Crippen LogP contribution in [0.3, 0.4) is 0 Å². The van der Waals surface area contributed by atoms with E-state index in [2.05, 4.69) is 20.9 Å². The van der Waals surface area contributed by atoms with Crippen molar-refractivity contribution in [1.82, 2.24) is 9.97 Å².